The summed E-state index contributed by atoms with van der Waals surface area (Å²) in [4.78, 5) is 14.4. The van der Waals surface area contributed by atoms with Gasteiger partial charge < -0.3 is 9.47 Å². The van der Waals surface area contributed by atoms with Crippen molar-refractivity contribution in [1.29, 1.82) is 0 Å². The molecule has 2 aromatic carbocycles. The van der Waals surface area contributed by atoms with Crippen LogP contribution < -0.4 is 0 Å². The summed E-state index contributed by atoms with van der Waals surface area (Å²) in [5.41, 5.74) is 2.61. The molecule has 0 spiro atoms. The van der Waals surface area contributed by atoms with Crippen LogP contribution in [-0.4, -0.2) is 53.5 Å². The van der Waals surface area contributed by atoms with Crippen molar-refractivity contribution in [2.75, 3.05) is 26.3 Å². The van der Waals surface area contributed by atoms with Gasteiger partial charge in [0, 0.05) is 31.6 Å². The van der Waals surface area contributed by atoms with Crippen LogP contribution in [0.1, 0.15) is 28.5 Å². The fourth-order valence-electron chi connectivity index (χ4n) is 3.82. The average Bonchev–Trinajstić information content (AvgIpc) is 3.17. The molecule has 0 aliphatic carbocycles. The molecule has 1 N–H and O–H groups in total. The number of aromatic nitrogens is 2. The molecule has 0 amide bonds. The van der Waals surface area contributed by atoms with Crippen LogP contribution in [0.15, 0.2) is 48.7 Å². The summed E-state index contributed by atoms with van der Waals surface area (Å²) in [5, 5.41) is 9.33. The van der Waals surface area contributed by atoms with Crippen molar-refractivity contribution in [2.45, 2.75) is 26.0 Å². The largest absolute Gasteiger partial charge is 0.461 e. The summed E-state index contributed by atoms with van der Waals surface area (Å²) in [6.45, 7) is 5.13. The van der Waals surface area contributed by atoms with Gasteiger partial charge in [-0.05, 0) is 23.3 Å². The SMILES string of the molecule is CCOC(=O)c1[nH]ncc1CN1CCO[C@@H](Cc2cccc3ccccc23)C1. The van der Waals surface area contributed by atoms with Crippen molar-refractivity contribution >= 4 is 16.7 Å². The molecule has 6 nitrogen and oxygen atoms in total. The molecule has 146 valence electrons. The van der Waals surface area contributed by atoms with Gasteiger partial charge in [-0.2, -0.15) is 5.10 Å². The van der Waals surface area contributed by atoms with E-state index in [-0.39, 0.29) is 12.1 Å². The molecule has 3 aromatic rings. The molecule has 0 radical (unpaired) electrons. The summed E-state index contributed by atoms with van der Waals surface area (Å²) in [5.74, 6) is -0.351. The Morgan fingerprint density at radius 3 is 3.00 bits per heavy atom. The molecule has 1 aliphatic rings. The van der Waals surface area contributed by atoms with Crippen molar-refractivity contribution in [1.82, 2.24) is 15.1 Å². The van der Waals surface area contributed by atoms with E-state index in [0.29, 0.717) is 25.5 Å². The Balaban J connectivity index is 1.44. The van der Waals surface area contributed by atoms with Crippen LogP contribution in [0, 0.1) is 0 Å². The quantitative estimate of drug-likeness (QED) is 0.666. The highest BCUT2D eigenvalue weighted by Crippen LogP contribution is 2.22. The molecular weight excluding hydrogens is 354 g/mol. The van der Waals surface area contributed by atoms with E-state index in [4.69, 9.17) is 9.47 Å². The predicted octanol–water partition coefficient (Wildman–Crippen LogP) is 3.18. The Bertz CT molecular complexity index is 948. The summed E-state index contributed by atoms with van der Waals surface area (Å²) in [7, 11) is 0. The molecule has 1 aliphatic heterocycles. The second-order valence-electron chi connectivity index (χ2n) is 7.06. The number of hydrogen-bond acceptors (Lipinski definition) is 5. The van der Waals surface area contributed by atoms with Crippen LogP contribution in [0.3, 0.4) is 0 Å². The lowest BCUT2D eigenvalue weighted by Crippen LogP contribution is -2.43. The number of nitrogens with one attached hydrogen (secondary N) is 1. The van der Waals surface area contributed by atoms with E-state index < -0.39 is 0 Å². The van der Waals surface area contributed by atoms with Crippen LogP contribution in [0.2, 0.25) is 0 Å². The zero-order valence-electron chi connectivity index (χ0n) is 16.1. The second-order valence-corrected chi connectivity index (χ2v) is 7.06. The van der Waals surface area contributed by atoms with Crippen LogP contribution >= 0.6 is 0 Å². The molecule has 28 heavy (non-hydrogen) atoms. The normalized spacial score (nSPS) is 17.7. The molecule has 1 fully saturated rings. The molecule has 0 bridgehead atoms. The van der Waals surface area contributed by atoms with Gasteiger partial charge in [0.2, 0.25) is 0 Å². The van der Waals surface area contributed by atoms with E-state index in [1.54, 1.807) is 13.1 Å². The highest BCUT2D eigenvalue weighted by Gasteiger charge is 2.24. The van der Waals surface area contributed by atoms with E-state index >= 15 is 0 Å². The van der Waals surface area contributed by atoms with Crippen molar-refractivity contribution < 1.29 is 14.3 Å². The molecular formula is C22H25N3O3. The number of H-pyrrole nitrogens is 1. The van der Waals surface area contributed by atoms with Crippen LogP contribution in [-0.2, 0) is 22.4 Å². The number of rotatable bonds is 6. The predicted molar refractivity (Wildman–Crippen MR) is 107 cm³/mol. The first-order valence-electron chi connectivity index (χ1n) is 9.74. The van der Waals surface area contributed by atoms with Gasteiger partial charge in [0.05, 0.1) is 25.5 Å². The van der Waals surface area contributed by atoms with Crippen molar-refractivity contribution in [3.8, 4) is 0 Å². The number of ether oxygens (including phenoxy) is 2. The first-order chi connectivity index (χ1) is 13.7. The van der Waals surface area contributed by atoms with Crippen molar-refractivity contribution in [3.05, 3.63) is 65.5 Å². The minimum Gasteiger partial charge on any atom is -0.461 e. The molecule has 0 saturated carbocycles. The Labute approximate surface area is 164 Å². The maximum Gasteiger partial charge on any atom is 0.356 e. The van der Waals surface area contributed by atoms with Gasteiger partial charge >= 0.3 is 5.97 Å². The number of nitrogens with zero attached hydrogens (tertiary/aromatic N) is 2. The highest BCUT2D eigenvalue weighted by atomic mass is 16.5. The monoisotopic (exact) mass is 379 g/mol. The number of aromatic amines is 1. The summed E-state index contributed by atoms with van der Waals surface area (Å²) in [6.07, 6.45) is 2.70. The fourth-order valence-corrected chi connectivity index (χ4v) is 3.82. The van der Waals surface area contributed by atoms with Crippen molar-refractivity contribution in [2.24, 2.45) is 0 Å². The topological polar surface area (TPSA) is 67.5 Å². The van der Waals surface area contributed by atoms with Crippen molar-refractivity contribution in [3.63, 3.8) is 0 Å². The number of benzene rings is 2. The maximum atomic E-state index is 12.1. The van der Waals surface area contributed by atoms with E-state index in [2.05, 4.69) is 57.6 Å². The van der Waals surface area contributed by atoms with E-state index in [0.717, 1.165) is 25.1 Å². The standard InChI is InChI=1S/C22H25N3O3/c1-2-27-22(26)21-18(13-23-24-21)14-25-10-11-28-19(15-25)12-17-8-5-7-16-6-3-4-9-20(16)17/h3-9,13,19H,2,10-12,14-15H2,1H3,(H,23,24)/t19-/m0/s1. The second kappa shape index (κ2) is 8.54. The summed E-state index contributed by atoms with van der Waals surface area (Å²) >= 11 is 0. The zero-order chi connectivity index (χ0) is 19.3. The minimum atomic E-state index is -0.351. The molecule has 6 heteroatoms. The number of hydrogen-bond donors (Lipinski definition) is 1. The molecule has 4 rings (SSSR count). The van der Waals surface area contributed by atoms with E-state index in [9.17, 15) is 4.79 Å². The third kappa shape index (κ3) is 4.08. The number of fused-ring (bicyclic) bond motifs is 1. The number of morpholine rings is 1. The lowest BCUT2D eigenvalue weighted by atomic mass is 9.99. The van der Waals surface area contributed by atoms with Gasteiger partial charge in [0.25, 0.3) is 0 Å². The lowest BCUT2D eigenvalue weighted by Gasteiger charge is -2.33. The Morgan fingerprint density at radius 2 is 2.11 bits per heavy atom. The van der Waals surface area contributed by atoms with Crippen LogP contribution in [0.25, 0.3) is 10.8 Å². The van der Waals surface area contributed by atoms with Gasteiger partial charge in [0.1, 0.15) is 5.69 Å². The zero-order valence-corrected chi connectivity index (χ0v) is 16.1. The number of esters is 1. The maximum absolute atomic E-state index is 12.1. The molecule has 1 atom stereocenters. The third-order valence-electron chi connectivity index (χ3n) is 5.14. The molecule has 1 aromatic heterocycles. The molecule has 2 heterocycles. The van der Waals surface area contributed by atoms with E-state index in [1.165, 1.54) is 16.3 Å². The molecule has 0 unspecified atom stereocenters. The van der Waals surface area contributed by atoms with Crippen LogP contribution in [0.5, 0.6) is 0 Å². The van der Waals surface area contributed by atoms with Gasteiger partial charge in [-0.1, -0.05) is 42.5 Å². The number of carbonyl (C=O) groups is 1. The Kier molecular flexibility index (Phi) is 5.69. The minimum absolute atomic E-state index is 0.123. The molecule has 1 saturated heterocycles. The first-order valence-corrected chi connectivity index (χ1v) is 9.74. The van der Waals surface area contributed by atoms with Gasteiger partial charge in [0.15, 0.2) is 0 Å². The first kappa shape index (κ1) is 18.7. The Morgan fingerprint density at radius 1 is 1.25 bits per heavy atom. The third-order valence-corrected chi connectivity index (χ3v) is 5.14. The van der Waals surface area contributed by atoms with E-state index in [1.807, 2.05) is 0 Å². The fraction of sp³-hybridized carbons (Fsp3) is 0.364. The van der Waals surface area contributed by atoms with Gasteiger partial charge in [-0.3, -0.25) is 10.00 Å². The summed E-state index contributed by atoms with van der Waals surface area (Å²) < 4.78 is 11.1. The van der Waals surface area contributed by atoms with Gasteiger partial charge in [-0.15, -0.1) is 0 Å². The van der Waals surface area contributed by atoms with Crippen LogP contribution in [0.4, 0.5) is 0 Å². The van der Waals surface area contributed by atoms with Gasteiger partial charge in [-0.25, -0.2) is 4.79 Å². The Hall–Kier alpha value is -2.70. The lowest BCUT2D eigenvalue weighted by molar-refractivity contribution is -0.0304. The summed E-state index contributed by atoms with van der Waals surface area (Å²) in [6, 6.07) is 14.9. The highest BCUT2D eigenvalue weighted by molar-refractivity contribution is 5.88. The number of carbonyl (C=O) groups excluding carboxylic acids is 1. The smallest absolute Gasteiger partial charge is 0.356 e. The average molecular weight is 379 g/mol.